The summed E-state index contributed by atoms with van der Waals surface area (Å²) >= 11 is 6.03. The van der Waals surface area contributed by atoms with Gasteiger partial charge in [0.25, 0.3) is 5.91 Å². The van der Waals surface area contributed by atoms with Gasteiger partial charge in [0, 0.05) is 35.5 Å². The average molecular weight is 433 g/mol. The number of carbonyl (C=O) groups excluding carboxylic acids is 1. The summed E-state index contributed by atoms with van der Waals surface area (Å²) < 4.78 is 7.26. The van der Waals surface area contributed by atoms with Crippen LogP contribution in [0.1, 0.15) is 18.4 Å². The first kappa shape index (κ1) is 20.9. The number of aromatic nitrogens is 2. The van der Waals surface area contributed by atoms with E-state index in [1.807, 2.05) is 54.7 Å². The zero-order valence-electron chi connectivity index (χ0n) is 16.8. The second-order valence-corrected chi connectivity index (χ2v) is 7.67. The van der Waals surface area contributed by atoms with Gasteiger partial charge in [-0.15, -0.1) is 0 Å². The van der Waals surface area contributed by atoms with E-state index < -0.39 is 5.91 Å². The highest BCUT2D eigenvalue weighted by Crippen LogP contribution is 2.27. The van der Waals surface area contributed by atoms with Crippen LogP contribution in [-0.2, 0) is 9.53 Å². The summed E-state index contributed by atoms with van der Waals surface area (Å²) in [5.41, 5.74) is 3.04. The summed E-state index contributed by atoms with van der Waals surface area (Å²) in [6, 6.07) is 19.0. The molecule has 1 N–H and O–H groups in total. The zero-order chi connectivity index (χ0) is 21.6. The van der Waals surface area contributed by atoms with Crippen LogP contribution < -0.4 is 5.32 Å². The Morgan fingerprint density at radius 2 is 2.03 bits per heavy atom. The molecule has 1 amide bonds. The summed E-state index contributed by atoms with van der Waals surface area (Å²) in [7, 11) is 0. The van der Waals surface area contributed by atoms with Crippen molar-refractivity contribution in [3.8, 4) is 23.0 Å². The first-order chi connectivity index (χ1) is 15.1. The number of nitriles is 1. The number of carbonyl (C=O) groups is 1. The van der Waals surface area contributed by atoms with Crippen LogP contribution in [-0.4, -0.2) is 34.9 Å². The molecule has 2 aromatic carbocycles. The Balaban J connectivity index is 1.67. The monoisotopic (exact) mass is 432 g/mol. The Kier molecular flexibility index (Phi) is 6.46. The molecule has 31 heavy (non-hydrogen) atoms. The lowest BCUT2D eigenvalue weighted by atomic mass is 10.1. The minimum Gasteiger partial charge on any atom is -0.376 e. The molecule has 3 aromatic rings. The number of nitrogens with zero attached hydrogens (tertiary/aromatic N) is 3. The number of hydrogen-bond donors (Lipinski definition) is 1. The topological polar surface area (TPSA) is 79.9 Å². The van der Waals surface area contributed by atoms with E-state index in [0.717, 1.165) is 24.1 Å². The molecule has 0 bridgehead atoms. The molecular formula is C24H21ClN4O2. The van der Waals surface area contributed by atoms with E-state index in [-0.39, 0.29) is 11.7 Å². The van der Waals surface area contributed by atoms with E-state index in [2.05, 4.69) is 5.32 Å². The average Bonchev–Trinajstić information content (AvgIpc) is 3.47. The fraction of sp³-hybridized carbons (Fsp3) is 0.208. The van der Waals surface area contributed by atoms with Gasteiger partial charge in [-0.3, -0.25) is 4.79 Å². The normalized spacial score (nSPS) is 16.1. The van der Waals surface area contributed by atoms with E-state index in [0.29, 0.717) is 29.4 Å². The SMILES string of the molecule is N#C/C(=C/c1cn(-c2ccccc2)nc1-c1ccc(Cl)cc1)C(=O)NC[C@H]1CCCO1. The van der Waals surface area contributed by atoms with E-state index in [9.17, 15) is 10.1 Å². The lowest BCUT2D eigenvalue weighted by Crippen LogP contribution is -2.32. The molecule has 7 heteroatoms. The van der Waals surface area contributed by atoms with Crippen molar-refractivity contribution in [2.75, 3.05) is 13.2 Å². The van der Waals surface area contributed by atoms with Crippen LogP contribution in [0.3, 0.4) is 0 Å². The molecule has 0 radical (unpaired) electrons. The molecule has 0 unspecified atom stereocenters. The third kappa shape index (κ3) is 5.02. The molecule has 2 heterocycles. The molecule has 1 aromatic heterocycles. The molecule has 6 nitrogen and oxygen atoms in total. The molecule has 156 valence electrons. The Labute approximate surface area is 185 Å². The lowest BCUT2D eigenvalue weighted by Gasteiger charge is -2.10. The van der Waals surface area contributed by atoms with Gasteiger partial charge >= 0.3 is 0 Å². The fourth-order valence-corrected chi connectivity index (χ4v) is 3.58. The van der Waals surface area contributed by atoms with Crippen LogP contribution in [0.4, 0.5) is 0 Å². The van der Waals surface area contributed by atoms with Crippen LogP contribution >= 0.6 is 11.6 Å². The van der Waals surface area contributed by atoms with Crippen molar-refractivity contribution in [1.82, 2.24) is 15.1 Å². The summed E-state index contributed by atoms with van der Waals surface area (Å²) in [5, 5.41) is 17.7. The van der Waals surface area contributed by atoms with Crippen molar-refractivity contribution in [2.24, 2.45) is 0 Å². The van der Waals surface area contributed by atoms with Crippen molar-refractivity contribution in [3.05, 3.63) is 77.0 Å². The minimum absolute atomic E-state index is 0.00866. The van der Waals surface area contributed by atoms with Crippen LogP contribution in [0, 0.1) is 11.3 Å². The Morgan fingerprint density at radius 3 is 2.71 bits per heavy atom. The fourth-order valence-electron chi connectivity index (χ4n) is 3.45. The molecule has 1 aliphatic rings. The van der Waals surface area contributed by atoms with Crippen molar-refractivity contribution in [3.63, 3.8) is 0 Å². The van der Waals surface area contributed by atoms with Gasteiger partial charge in [0.15, 0.2) is 0 Å². The third-order valence-corrected chi connectivity index (χ3v) is 5.31. The van der Waals surface area contributed by atoms with Gasteiger partial charge in [-0.05, 0) is 43.2 Å². The van der Waals surface area contributed by atoms with Crippen molar-refractivity contribution in [2.45, 2.75) is 18.9 Å². The highest BCUT2D eigenvalue weighted by atomic mass is 35.5. The highest BCUT2D eigenvalue weighted by Gasteiger charge is 2.19. The lowest BCUT2D eigenvalue weighted by molar-refractivity contribution is -0.117. The third-order valence-electron chi connectivity index (χ3n) is 5.06. The van der Waals surface area contributed by atoms with Gasteiger partial charge in [-0.2, -0.15) is 10.4 Å². The predicted octanol–water partition coefficient (Wildman–Crippen LogP) is 4.39. The Hall–Kier alpha value is -3.40. The smallest absolute Gasteiger partial charge is 0.262 e. The maximum Gasteiger partial charge on any atom is 0.262 e. The van der Waals surface area contributed by atoms with Crippen LogP contribution in [0.5, 0.6) is 0 Å². The number of nitrogens with one attached hydrogen (secondary N) is 1. The molecule has 1 atom stereocenters. The second-order valence-electron chi connectivity index (χ2n) is 7.23. The quantitative estimate of drug-likeness (QED) is 0.462. The molecule has 0 saturated carbocycles. The molecule has 1 saturated heterocycles. The number of amides is 1. The molecular weight excluding hydrogens is 412 g/mol. The Morgan fingerprint density at radius 1 is 1.26 bits per heavy atom. The van der Waals surface area contributed by atoms with Gasteiger partial charge in [0.05, 0.1) is 17.5 Å². The van der Waals surface area contributed by atoms with E-state index in [4.69, 9.17) is 21.4 Å². The number of rotatable bonds is 6. The predicted molar refractivity (Wildman–Crippen MR) is 120 cm³/mol. The summed E-state index contributed by atoms with van der Waals surface area (Å²) in [5.74, 6) is -0.424. The molecule has 1 fully saturated rings. The molecule has 4 rings (SSSR count). The minimum atomic E-state index is -0.424. The first-order valence-electron chi connectivity index (χ1n) is 10.1. The number of hydrogen-bond acceptors (Lipinski definition) is 4. The summed E-state index contributed by atoms with van der Waals surface area (Å²) in [4.78, 5) is 12.6. The van der Waals surface area contributed by atoms with Gasteiger partial charge < -0.3 is 10.1 Å². The molecule has 0 spiro atoms. The van der Waals surface area contributed by atoms with E-state index >= 15 is 0 Å². The maximum absolute atomic E-state index is 12.6. The summed E-state index contributed by atoms with van der Waals surface area (Å²) in [6.07, 6.45) is 5.29. The van der Waals surface area contributed by atoms with Crippen molar-refractivity contribution >= 4 is 23.6 Å². The van der Waals surface area contributed by atoms with Crippen molar-refractivity contribution < 1.29 is 9.53 Å². The van der Waals surface area contributed by atoms with Gasteiger partial charge in [0.2, 0.25) is 0 Å². The number of ether oxygens (including phenoxy) is 1. The summed E-state index contributed by atoms with van der Waals surface area (Å²) in [6.45, 7) is 1.11. The van der Waals surface area contributed by atoms with E-state index in [1.54, 1.807) is 22.9 Å². The molecule has 1 aliphatic heterocycles. The Bertz CT molecular complexity index is 1120. The zero-order valence-corrected chi connectivity index (χ0v) is 17.5. The standard InChI is InChI=1S/C24H21ClN4O2/c25-20-10-8-17(9-11-20)23-19(16-29(28-23)21-5-2-1-3-6-21)13-18(14-26)24(30)27-15-22-7-4-12-31-22/h1-3,5-6,8-11,13,16,22H,4,7,12,15H2,(H,27,30)/b18-13-/t22-/m1/s1. The van der Waals surface area contributed by atoms with Gasteiger partial charge in [-0.25, -0.2) is 4.68 Å². The number of para-hydroxylation sites is 1. The largest absolute Gasteiger partial charge is 0.376 e. The number of benzene rings is 2. The first-order valence-corrected chi connectivity index (χ1v) is 10.4. The van der Waals surface area contributed by atoms with Gasteiger partial charge in [-0.1, -0.05) is 41.9 Å². The number of halogens is 1. The van der Waals surface area contributed by atoms with Crippen LogP contribution in [0.2, 0.25) is 5.02 Å². The highest BCUT2D eigenvalue weighted by molar-refractivity contribution is 6.30. The van der Waals surface area contributed by atoms with E-state index in [1.165, 1.54) is 0 Å². The van der Waals surface area contributed by atoms with Crippen LogP contribution in [0.15, 0.2) is 66.4 Å². The van der Waals surface area contributed by atoms with Crippen molar-refractivity contribution in [1.29, 1.82) is 5.26 Å². The maximum atomic E-state index is 12.6. The van der Waals surface area contributed by atoms with Gasteiger partial charge in [0.1, 0.15) is 11.6 Å². The molecule has 0 aliphatic carbocycles. The second kappa shape index (κ2) is 9.61. The van der Waals surface area contributed by atoms with Crippen LogP contribution in [0.25, 0.3) is 23.0 Å².